The summed E-state index contributed by atoms with van der Waals surface area (Å²) in [6.07, 6.45) is 1.68. The summed E-state index contributed by atoms with van der Waals surface area (Å²) in [6, 6.07) is 0. The number of thiazole rings is 1. The highest BCUT2D eigenvalue weighted by molar-refractivity contribution is 7.16. The third-order valence-corrected chi connectivity index (χ3v) is 4.62. The monoisotopic (exact) mass is 279 g/mol. The van der Waals surface area contributed by atoms with Gasteiger partial charge in [0, 0.05) is 37.2 Å². The summed E-state index contributed by atoms with van der Waals surface area (Å²) in [5.74, 6) is -0.249. The van der Waals surface area contributed by atoms with E-state index >= 15 is 0 Å². The molecular weight excluding hydrogens is 262 g/mol. The SMILES string of the molecule is CC1(C)CC(=O)N(c2nc3c(s2)CNCC3)C(=O)C1. The summed E-state index contributed by atoms with van der Waals surface area (Å²) in [5.41, 5.74) is 0.799. The number of imide groups is 1. The van der Waals surface area contributed by atoms with E-state index in [4.69, 9.17) is 0 Å². The number of amides is 2. The highest BCUT2D eigenvalue weighted by Gasteiger charge is 2.39. The van der Waals surface area contributed by atoms with Crippen LogP contribution in [0.2, 0.25) is 0 Å². The minimum Gasteiger partial charge on any atom is -0.311 e. The quantitative estimate of drug-likeness (QED) is 0.791. The molecule has 3 rings (SSSR count). The maximum atomic E-state index is 12.2. The topological polar surface area (TPSA) is 62.3 Å². The van der Waals surface area contributed by atoms with Gasteiger partial charge in [0.05, 0.1) is 5.69 Å². The van der Waals surface area contributed by atoms with Gasteiger partial charge in [-0.25, -0.2) is 9.88 Å². The molecule has 1 fully saturated rings. The molecule has 5 nitrogen and oxygen atoms in total. The smallest absolute Gasteiger partial charge is 0.236 e. The van der Waals surface area contributed by atoms with Gasteiger partial charge in [-0.15, -0.1) is 0 Å². The molecule has 1 aromatic heterocycles. The number of piperidine rings is 1. The fourth-order valence-electron chi connectivity index (χ4n) is 2.60. The Kier molecular flexibility index (Phi) is 2.94. The Bertz CT molecular complexity index is 507. The lowest BCUT2D eigenvalue weighted by molar-refractivity contribution is -0.132. The zero-order valence-electron chi connectivity index (χ0n) is 11.2. The molecule has 0 radical (unpaired) electrons. The first kappa shape index (κ1) is 12.7. The van der Waals surface area contributed by atoms with Crippen LogP contribution in [0.25, 0.3) is 0 Å². The molecule has 1 aromatic rings. The normalized spacial score (nSPS) is 22.5. The predicted octanol–water partition coefficient (Wildman–Crippen LogP) is 1.47. The van der Waals surface area contributed by atoms with Crippen LogP contribution in [0.15, 0.2) is 0 Å². The van der Waals surface area contributed by atoms with Gasteiger partial charge in [0.25, 0.3) is 0 Å². The summed E-state index contributed by atoms with van der Waals surface area (Å²) in [6.45, 7) is 5.60. The molecule has 0 unspecified atom stereocenters. The van der Waals surface area contributed by atoms with E-state index in [1.807, 2.05) is 13.8 Å². The minimum absolute atomic E-state index is 0.125. The van der Waals surface area contributed by atoms with E-state index in [0.717, 1.165) is 30.1 Å². The van der Waals surface area contributed by atoms with E-state index in [0.29, 0.717) is 18.0 Å². The molecule has 2 aliphatic heterocycles. The largest absolute Gasteiger partial charge is 0.311 e. The van der Waals surface area contributed by atoms with Crippen LogP contribution >= 0.6 is 11.3 Å². The molecule has 2 aliphatic rings. The summed E-state index contributed by atoms with van der Waals surface area (Å²) in [4.78, 5) is 31.3. The summed E-state index contributed by atoms with van der Waals surface area (Å²) in [7, 11) is 0. The molecule has 0 aromatic carbocycles. The number of anilines is 1. The highest BCUT2D eigenvalue weighted by Crippen LogP contribution is 2.36. The molecule has 102 valence electrons. The maximum absolute atomic E-state index is 12.2. The summed E-state index contributed by atoms with van der Waals surface area (Å²) in [5, 5.41) is 3.83. The number of nitrogens with zero attached hydrogens (tertiary/aromatic N) is 2. The van der Waals surface area contributed by atoms with Gasteiger partial charge in [-0.1, -0.05) is 25.2 Å². The third kappa shape index (κ3) is 2.30. The van der Waals surface area contributed by atoms with E-state index in [-0.39, 0.29) is 17.2 Å². The lowest BCUT2D eigenvalue weighted by Gasteiger charge is -2.33. The van der Waals surface area contributed by atoms with Gasteiger partial charge >= 0.3 is 0 Å². The molecule has 0 aliphatic carbocycles. The van der Waals surface area contributed by atoms with Crippen molar-refractivity contribution in [2.45, 2.75) is 39.7 Å². The van der Waals surface area contributed by atoms with Crippen LogP contribution < -0.4 is 10.2 Å². The van der Waals surface area contributed by atoms with Crippen molar-refractivity contribution >= 4 is 28.3 Å². The fourth-order valence-corrected chi connectivity index (χ4v) is 3.71. The standard InChI is InChI=1S/C13H17N3O2S/c1-13(2)5-10(17)16(11(18)6-13)12-15-8-3-4-14-7-9(8)19-12/h14H,3-7H2,1-2H3. The van der Waals surface area contributed by atoms with Crippen molar-refractivity contribution < 1.29 is 9.59 Å². The fraction of sp³-hybridized carbons (Fsp3) is 0.615. The molecule has 0 atom stereocenters. The third-order valence-electron chi connectivity index (χ3n) is 3.54. The average molecular weight is 279 g/mol. The van der Waals surface area contributed by atoms with Crippen LogP contribution in [0.5, 0.6) is 0 Å². The lowest BCUT2D eigenvalue weighted by atomic mass is 9.82. The van der Waals surface area contributed by atoms with Crippen molar-refractivity contribution in [3.63, 3.8) is 0 Å². The molecule has 0 bridgehead atoms. The van der Waals surface area contributed by atoms with Gasteiger partial charge < -0.3 is 5.32 Å². The number of aromatic nitrogens is 1. The maximum Gasteiger partial charge on any atom is 0.236 e. The minimum atomic E-state index is -0.233. The molecular formula is C13H17N3O2S. The molecule has 1 saturated heterocycles. The van der Waals surface area contributed by atoms with Crippen LogP contribution in [0, 0.1) is 5.41 Å². The van der Waals surface area contributed by atoms with E-state index < -0.39 is 0 Å². The lowest BCUT2D eigenvalue weighted by Crippen LogP contribution is -2.46. The molecule has 0 spiro atoms. The van der Waals surface area contributed by atoms with Gasteiger partial charge in [0.15, 0.2) is 5.13 Å². The van der Waals surface area contributed by atoms with Gasteiger partial charge in [-0.3, -0.25) is 9.59 Å². The molecule has 2 amide bonds. The van der Waals surface area contributed by atoms with Crippen molar-refractivity contribution in [3.05, 3.63) is 10.6 Å². The Morgan fingerprint density at radius 2 is 1.95 bits per heavy atom. The number of hydrogen-bond donors (Lipinski definition) is 1. The van der Waals surface area contributed by atoms with Gasteiger partial charge in [-0.2, -0.15) is 0 Å². The van der Waals surface area contributed by atoms with Crippen LogP contribution in [-0.2, 0) is 22.6 Å². The average Bonchev–Trinajstić information content (AvgIpc) is 2.68. The highest BCUT2D eigenvalue weighted by atomic mass is 32.1. The van der Waals surface area contributed by atoms with Crippen molar-refractivity contribution in [2.75, 3.05) is 11.4 Å². The van der Waals surface area contributed by atoms with Crippen molar-refractivity contribution in [1.29, 1.82) is 0 Å². The van der Waals surface area contributed by atoms with Crippen molar-refractivity contribution in [2.24, 2.45) is 5.41 Å². The summed E-state index contributed by atoms with van der Waals surface area (Å²) >= 11 is 1.46. The zero-order valence-corrected chi connectivity index (χ0v) is 12.0. The van der Waals surface area contributed by atoms with Crippen molar-refractivity contribution in [3.8, 4) is 0 Å². The van der Waals surface area contributed by atoms with Gasteiger partial charge in [-0.05, 0) is 5.41 Å². The van der Waals surface area contributed by atoms with Crippen molar-refractivity contribution in [1.82, 2.24) is 10.3 Å². The molecule has 3 heterocycles. The van der Waals surface area contributed by atoms with E-state index in [1.165, 1.54) is 16.2 Å². The number of carbonyl (C=O) groups excluding carboxylic acids is 2. The van der Waals surface area contributed by atoms with Crippen LogP contribution in [0.1, 0.15) is 37.3 Å². The first-order chi connectivity index (χ1) is 8.96. The van der Waals surface area contributed by atoms with E-state index in [2.05, 4.69) is 10.3 Å². The molecule has 19 heavy (non-hydrogen) atoms. The number of rotatable bonds is 1. The Labute approximate surface area is 116 Å². The second-order valence-corrected chi connectivity index (χ2v) is 7.00. The number of fused-ring (bicyclic) bond motifs is 1. The van der Waals surface area contributed by atoms with E-state index in [9.17, 15) is 9.59 Å². The van der Waals surface area contributed by atoms with Crippen LogP contribution in [-0.4, -0.2) is 23.3 Å². The zero-order chi connectivity index (χ0) is 13.6. The Balaban J connectivity index is 1.91. The predicted molar refractivity (Wildman–Crippen MR) is 73.0 cm³/mol. The van der Waals surface area contributed by atoms with Crippen LogP contribution in [0.4, 0.5) is 5.13 Å². The number of hydrogen-bond acceptors (Lipinski definition) is 5. The second kappa shape index (κ2) is 4.38. The van der Waals surface area contributed by atoms with Gasteiger partial charge in [0.1, 0.15) is 0 Å². The van der Waals surface area contributed by atoms with E-state index in [1.54, 1.807) is 0 Å². The molecule has 0 saturated carbocycles. The summed E-state index contributed by atoms with van der Waals surface area (Å²) < 4.78 is 0. The first-order valence-electron chi connectivity index (χ1n) is 6.51. The Hall–Kier alpha value is -1.27. The number of carbonyl (C=O) groups is 2. The Morgan fingerprint density at radius 1 is 1.26 bits per heavy atom. The van der Waals surface area contributed by atoms with Gasteiger partial charge in [0.2, 0.25) is 11.8 Å². The van der Waals surface area contributed by atoms with Crippen LogP contribution in [0.3, 0.4) is 0 Å². The Morgan fingerprint density at radius 3 is 2.58 bits per heavy atom. The second-order valence-electron chi connectivity index (χ2n) is 5.93. The molecule has 1 N–H and O–H groups in total. The number of nitrogens with one attached hydrogen (secondary N) is 1. The molecule has 6 heteroatoms. The first-order valence-corrected chi connectivity index (χ1v) is 7.33.